The van der Waals surface area contributed by atoms with E-state index in [1.165, 1.54) is 0 Å². The minimum atomic E-state index is 0.145. The summed E-state index contributed by atoms with van der Waals surface area (Å²) >= 11 is 0. The van der Waals surface area contributed by atoms with Crippen LogP contribution in [-0.4, -0.2) is 40.0 Å². The highest BCUT2D eigenvalue weighted by Crippen LogP contribution is 2.46. The number of nitrogens with one attached hydrogen (secondary N) is 1. The van der Waals surface area contributed by atoms with Gasteiger partial charge in [-0.25, -0.2) is 9.97 Å². The van der Waals surface area contributed by atoms with Crippen molar-refractivity contribution in [1.82, 2.24) is 14.9 Å². The molecule has 5 nitrogen and oxygen atoms in total. The summed E-state index contributed by atoms with van der Waals surface area (Å²) in [6.45, 7) is 0.803. The van der Waals surface area contributed by atoms with Crippen LogP contribution in [0.2, 0.25) is 0 Å². The summed E-state index contributed by atoms with van der Waals surface area (Å²) in [6, 6.07) is 9.84. The van der Waals surface area contributed by atoms with Crippen molar-refractivity contribution in [3.05, 3.63) is 53.9 Å². The Morgan fingerprint density at radius 2 is 1.70 bits per heavy atom. The summed E-state index contributed by atoms with van der Waals surface area (Å²) in [4.78, 5) is 12.7. The molecule has 1 aliphatic heterocycles. The number of hydrogen-bond donors (Lipinski definition) is 1. The van der Waals surface area contributed by atoms with Gasteiger partial charge in [-0.3, -0.25) is 10.3 Å². The standard InChI is InChI=1S/C18H17N5/c1-22-16(19)23(13-18(22)9-10-18)17-20-11-15(12-21-17)8-7-14-5-3-2-4-6-14/h2-6,11-12,19H,9-10,13H2,1H3. The van der Waals surface area contributed by atoms with Crippen LogP contribution in [0.25, 0.3) is 0 Å². The third kappa shape index (κ3) is 2.42. The second-order valence-corrected chi connectivity index (χ2v) is 6.08. The normalized spacial score (nSPS) is 18.0. The van der Waals surface area contributed by atoms with E-state index in [0.29, 0.717) is 11.9 Å². The topological polar surface area (TPSA) is 56.1 Å². The van der Waals surface area contributed by atoms with Gasteiger partial charge in [-0.1, -0.05) is 30.0 Å². The number of rotatable bonds is 1. The van der Waals surface area contributed by atoms with Crippen molar-refractivity contribution in [1.29, 1.82) is 5.41 Å². The van der Waals surface area contributed by atoms with Crippen LogP contribution in [0.5, 0.6) is 0 Å². The van der Waals surface area contributed by atoms with E-state index in [1.54, 1.807) is 12.4 Å². The Balaban J connectivity index is 1.53. The first kappa shape index (κ1) is 13.8. The van der Waals surface area contributed by atoms with Crippen LogP contribution >= 0.6 is 0 Å². The molecule has 0 bridgehead atoms. The summed E-state index contributed by atoms with van der Waals surface area (Å²) in [7, 11) is 1.98. The lowest BCUT2D eigenvalue weighted by molar-refractivity contribution is 0.391. The molecule has 4 rings (SSSR count). The molecule has 2 fully saturated rings. The largest absolute Gasteiger partial charge is 0.338 e. The lowest BCUT2D eigenvalue weighted by atomic mass is 10.2. The van der Waals surface area contributed by atoms with E-state index in [0.717, 1.165) is 30.5 Å². The fourth-order valence-corrected chi connectivity index (χ4v) is 2.88. The van der Waals surface area contributed by atoms with Gasteiger partial charge in [0.2, 0.25) is 11.9 Å². The Labute approximate surface area is 135 Å². The molecule has 2 aromatic rings. The maximum Gasteiger partial charge on any atom is 0.232 e. The molecular formula is C18H17N5. The van der Waals surface area contributed by atoms with Gasteiger partial charge in [-0.05, 0) is 25.0 Å². The molecule has 0 amide bonds. The highest BCUT2D eigenvalue weighted by Gasteiger charge is 2.55. The monoisotopic (exact) mass is 303 g/mol. The van der Waals surface area contributed by atoms with E-state index < -0.39 is 0 Å². The number of anilines is 1. The van der Waals surface area contributed by atoms with Crippen LogP contribution in [0.3, 0.4) is 0 Å². The Bertz CT molecular complexity index is 797. The van der Waals surface area contributed by atoms with Gasteiger partial charge in [0, 0.05) is 25.0 Å². The maximum atomic E-state index is 8.24. The molecule has 1 saturated heterocycles. The minimum Gasteiger partial charge on any atom is -0.338 e. The predicted octanol–water partition coefficient (Wildman–Crippen LogP) is 2.10. The van der Waals surface area contributed by atoms with Gasteiger partial charge in [0.15, 0.2) is 0 Å². The zero-order chi connectivity index (χ0) is 15.9. The lowest BCUT2D eigenvalue weighted by Gasteiger charge is -2.18. The Morgan fingerprint density at radius 3 is 2.30 bits per heavy atom. The number of hydrogen-bond acceptors (Lipinski definition) is 3. The summed E-state index contributed by atoms with van der Waals surface area (Å²) in [5.41, 5.74) is 1.89. The summed E-state index contributed by atoms with van der Waals surface area (Å²) in [5, 5.41) is 8.24. The average Bonchev–Trinajstić information content (AvgIpc) is 3.34. The molecule has 2 aliphatic rings. The van der Waals surface area contributed by atoms with Crippen molar-refractivity contribution >= 4 is 11.9 Å². The first-order valence-corrected chi connectivity index (χ1v) is 7.67. The van der Waals surface area contributed by atoms with Crippen LogP contribution in [-0.2, 0) is 0 Å². The number of aromatic nitrogens is 2. The highest BCUT2D eigenvalue weighted by molar-refractivity contribution is 5.95. The second kappa shape index (κ2) is 5.10. The zero-order valence-electron chi connectivity index (χ0n) is 13.0. The van der Waals surface area contributed by atoms with Crippen LogP contribution in [0.4, 0.5) is 5.95 Å². The molecule has 1 aromatic heterocycles. The number of benzene rings is 1. The van der Waals surface area contributed by atoms with Gasteiger partial charge in [0.25, 0.3) is 0 Å². The number of guanidine groups is 1. The third-order valence-electron chi connectivity index (χ3n) is 4.57. The van der Waals surface area contributed by atoms with Crippen molar-refractivity contribution in [2.45, 2.75) is 18.4 Å². The van der Waals surface area contributed by atoms with Crippen LogP contribution in [0.1, 0.15) is 24.0 Å². The average molecular weight is 303 g/mol. The number of likely N-dealkylation sites (N-methyl/N-ethyl adjacent to an activating group) is 1. The third-order valence-corrected chi connectivity index (χ3v) is 4.57. The molecule has 1 aliphatic carbocycles. The van der Waals surface area contributed by atoms with Crippen LogP contribution < -0.4 is 4.90 Å². The predicted molar refractivity (Wildman–Crippen MR) is 89.3 cm³/mol. The molecule has 0 radical (unpaired) electrons. The van der Waals surface area contributed by atoms with E-state index in [2.05, 4.69) is 21.8 Å². The molecule has 5 heteroatoms. The van der Waals surface area contributed by atoms with E-state index >= 15 is 0 Å². The minimum absolute atomic E-state index is 0.145. The van der Waals surface area contributed by atoms with Crippen molar-refractivity contribution in [3.8, 4) is 11.8 Å². The van der Waals surface area contributed by atoms with Gasteiger partial charge in [-0.15, -0.1) is 0 Å². The van der Waals surface area contributed by atoms with E-state index in [9.17, 15) is 0 Å². The fourth-order valence-electron chi connectivity index (χ4n) is 2.88. The van der Waals surface area contributed by atoms with E-state index in [-0.39, 0.29) is 5.54 Å². The summed E-state index contributed by atoms with van der Waals surface area (Å²) in [5.74, 6) is 7.22. The van der Waals surface area contributed by atoms with E-state index in [4.69, 9.17) is 5.41 Å². The quantitative estimate of drug-likeness (QED) is 0.820. The SMILES string of the molecule is CN1C(=N)N(c2ncc(C#Cc3ccccc3)cn2)CC12CC2. The van der Waals surface area contributed by atoms with Crippen molar-refractivity contribution in [3.63, 3.8) is 0 Å². The maximum absolute atomic E-state index is 8.24. The molecule has 114 valence electrons. The molecule has 1 saturated carbocycles. The van der Waals surface area contributed by atoms with Gasteiger partial charge < -0.3 is 4.90 Å². The molecule has 2 heterocycles. The van der Waals surface area contributed by atoms with Gasteiger partial charge >= 0.3 is 0 Å². The van der Waals surface area contributed by atoms with Gasteiger partial charge in [0.05, 0.1) is 17.6 Å². The molecule has 1 aromatic carbocycles. The molecule has 0 atom stereocenters. The molecule has 23 heavy (non-hydrogen) atoms. The van der Waals surface area contributed by atoms with E-state index in [1.807, 2.05) is 47.2 Å². The summed E-state index contributed by atoms with van der Waals surface area (Å²) in [6.07, 6.45) is 5.74. The molecule has 0 unspecified atom stereocenters. The highest BCUT2D eigenvalue weighted by atomic mass is 15.5. The van der Waals surface area contributed by atoms with Crippen molar-refractivity contribution in [2.75, 3.05) is 18.5 Å². The van der Waals surface area contributed by atoms with Crippen molar-refractivity contribution < 1.29 is 0 Å². The first-order chi connectivity index (χ1) is 11.2. The van der Waals surface area contributed by atoms with Crippen LogP contribution in [0, 0.1) is 17.3 Å². The Hall–Kier alpha value is -2.87. The van der Waals surface area contributed by atoms with Gasteiger partial charge in [-0.2, -0.15) is 0 Å². The fraction of sp³-hybridized carbons (Fsp3) is 0.278. The molecule has 1 N–H and O–H groups in total. The molecular weight excluding hydrogens is 286 g/mol. The smallest absolute Gasteiger partial charge is 0.232 e. The number of nitrogens with zero attached hydrogens (tertiary/aromatic N) is 4. The zero-order valence-corrected chi connectivity index (χ0v) is 13.0. The van der Waals surface area contributed by atoms with Crippen molar-refractivity contribution in [2.24, 2.45) is 0 Å². The van der Waals surface area contributed by atoms with Crippen LogP contribution in [0.15, 0.2) is 42.7 Å². The lowest BCUT2D eigenvalue weighted by Crippen LogP contribution is -2.33. The Kier molecular flexibility index (Phi) is 3.05. The second-order valence-electron chi connectivity index (χ2n) is 6.08. The summed E-state index contributed by atoms with van der Waals surface area (Å²) < 4.78 is 0. The molecule has 1 spiro atoms. The van der Waals surface area contributed by atoms with Gasteiger partial charge in [0.1, 0.15) is 0 Å². The Morgan fingerprint density at radius 1 is 1.04 bits per heavy atom. The first-order valence-electron chi connectivity index (χ1n) is 7.67.